The van der Waals surface area contributed by atoms with E-state index < -0.39 is 5.97 Å². The molecular formula is C25H46O2. The highest BCUT2D eigenvalue weighted by Gasteiger charge is 2.14. The van der Waals surface area contributed by atoms with Crippen LogP contribution < -0.4 is 0 Å². The number of carboxylic acid groups (broad SMARTS) is 1. The zero-order valence-electron chi connectivity index (χ0n) is 18.3. The Balaban J connectivity index is 3.55. The number of carboxylic acids is 1. The van der Waals surface area contributed by atoms with Crippen molar-refractivity contribution in [1.29, 1.82) is 0 Å². The monoisotopic (exact) mass is 378 g/mol. The molecule has 0 amide bonds. The molecule has 0 saturated heterocycles. The summed E-state index contributed by atoms with van der Waals surface area (Å²) >= 11 is 0. The second-order valence-electron chi connectivity index (χ2n) is 7.88. The topological polar surface area (TPSA) is 37.3 Å². The highest BCUT2D eigenvalue weighted by Crippen LogP contribution is 2.17. The fourth-order valence-corrected chi connectivity index (χ4v) is 3.43. The first-order valence-corrected chi connectivity index (χ1v) is 11.7. The fourth-order valence-electron chi connectivity index (χ4n) is 3.43. The second-order valence-corrected chi connectivity index (χ2v) is 7.88. The van der Waals surface area contributed by atoms with E-state index in [0.29, 0.717) is 6.42 Å². The number of allylic oxidation sites excluding steroid dienone is 4. The molecule has 0 bridgehead atoms. The van der Waals surface area contributed by atoms with Crippen LogP contribution >= 0.6 is 0 Å². The van der Waals surface area contributed by atoms with Gasteiger partial charge in [-0.1, -0.05) is 115 Å². The first-order valence-electron chi connectivity index (χ1n) is 11.7. The molecule has 0 aliphatic heterocycles. The average Bonchev–Trinajstić information content (AvgIpc) is 2.66. The minimum atomic E-state index is -0.631. The van der Waals surface area contributed by atoms with Gasteiger partial charge in [0.05, 0.1) is 5.92 Å². The highest BCUT2D eigenvalue weighted by atomic mass is 16.4. The maximum Gasteiger partial charge on any atom is 0.306 e. The van der Waals surface area contributed by atoms with Gasteiger partial charge >= 0.3 is 5.97 Å². The molecule has 0 aromatic carbocycles. The van der Waals surface area contributed by atoms with Gasteiger partial charge in [-0.15, -0.1) is 0 Å². The van der Waals surface area contributed by atoms with Crippen LogP contribution in [0.4, 0.5) is 0 Å². The van der Waals surface area contributed by atoms with Crippen molar-refractivity contribution in [3.63, 3.8) is 0 Å². The van der Waals surface area contributed by atoms with Gasteiger partial charge in [-0.3, -0.25) is 4.79 Å². The molecule has 27 heavy (non-hydrogen) atoms. The lowest BCUT2D eigenvalue weighted by Gasteiger charge is -2.09. The summed E-state index contributed by atoms with van der Waals surface area (Å²) in [5.41, 5.74) is 0. The second kappa shape index (κ2) is 21.3. The van der Waals surface area contributed by atoms with Crippen LogP contribution in [0.5, 0.6) is 0 Å². The molecule has 0 aromatic rings. The van der Waals surface area contributed by atoms with Crippen molar-refractivity contribution in [2.45, 2.75) is 123 Å². The largest absolute Gasteiger partial charge is 0.481 e. The van der Waals surface area contributed by atoms with E-state index in [2.05, 4.69) is 38.2 Å². The van der Waals surface area contributed by atoms with Crippen LogP contribution in [0.1, 0.15) is 123 Å². The molecular weight excluding hydrogens is 332 g/mol. The third-order valence-corrected chi connectivity index (χ3v) is 5.25. The van der Waals surface area contributed by atoms with Gasteiger partial charge in [-0.25, -0.2) is 0 Å². The van der Waals surface area contributed by atoms with Gasteiger partial charge in [0.2, 0.25) is 0 Å². The van der Waals surface area contributed by atoms with Crippen LogP contribution in [-0.2, 0) is 4.79 Å². The van der Waals surface area contributed by atoms with Crippen LogP contribution in [0, 0.1) is 5.92 Å². The summed E-state index contributed by atoms with van der Waals surface area (Å²) in [6.45, 7) is 4.40. The van der Waals surface area contributed by atoms with Crippen LogP contribution in [0.15, 0.2) is 24.3 Å². The van der Waals surface area contributed by atoms with E-state index in [0.717, 1.165) is 32.1 Å². The van der Waals surface area contributed by atoms with Crippen LogP contribution in [-0.4, -0.2) is 11.1 Å². The van der Waals surface area contributed by atoms with Crippen LogP contribution in [0.2, 0.25) is 0 Å². The van der Waals surface area contributed by atoms with Gasteiger partial charge < -0.3 is 5.11 Å². The molecule has 0 heterocycles. The van der Waals surface area contributed by atoms with E-state index in [4.69, 9.17) is 0 Å². The van der Waals surface area contributed by atoms with E-state index in [-0.39, 0.29) is 5.92 Å². The minimum absolute atomic E-state index is 0.199. The molecule has 0 rings (SSSR count). The lowest BCUT2D eigenvalue weighted by atomic mass is 9.96. The van der Waals surface area contributed by atoms with Gasteiger partial charge in [-0.05, 0) is 32.1 Å². The number of unbranched alkanes of at least 4 members (excludes halogenated alkanes) is 12. The van der Waals surface area contributed by atoms with E-state index in [1.54, 1.807) is 0 Å². The van der Waals surface area contributed by atoms with E-state index >= 15 is 0 Å². The minimum Gasteiger partial charge on any atom is -0.481 e. The molecule has 0 radical (unpaired) electrons. The van der Waals surface area contributed by atoms with Crippen molar-refractivity contribution >= 4 is 5.97 Å². The Morgan fingerprint density at radius 2 is 1.19 bits per heavy atom. The Morgan fingerprint density at radius 1 is 0.704 bits per heavy atom. The Hall–Kier alpha value is -1.05. The highest BCUT2D eigenvalue weighted by molar-refractivity contribution is 5.70. The summed E-state index contributed by atoms with van der Waals surface area (Å²) in [6, 6.07) is 0. The van der Waals surface area contributed by atoms with Gasteiger partial charge in [0.15, 0.2) is 0 Å². The fraction of sp³-hybridized carbons (Fsp3) is 0.800. The summed E-state index contributed by atoms with van der Waals surface area (Å²) in [4.78, 5) is 11.4. The molecule has 0 aliphatic carbocycles. The van der Waals surface area contributed by atoms with Crippen molar-refractivity contribution in [2.24, 2.45) is 5.92 Å². The van der Waals surface area contributed by atoms with E-state index in [1.807, 2.05) is 0 Å². The molecule has 0 spiro atoms. The molecule has 2 nitrogen and oxygen atoms in total. The van der Waals surface area contributed by atoms with Gasteiger partial charge in [0, 0.05) is 0 Å². The number of aliphatic carboxylic acids is 1. The first kappa shape index (κ1) is 26.0. The zero-order chi connectivity index (χ0) is 20.0. The third-order valence-electron chi connectivity index (χ3n) is 5.25. The Labute approximate surface area is 169 Å². The van der Waals surface area contributed by atoms with Crippen molar-refractivity contribution in [1.82, 2.24) is 0 Å². The summed E-state index contributed by atoms with van der Waals surface area (Å²) in [5.74, 6) is -0.829. The third kappa shape index (κ3) is 19.5. The molecule has 0 aromatic heterocycles. The number of hydrogen-bond acceptors (Lipinski definition) is 1. The van der Waals surface area contributed by atoms with E-state index in [1.165, 1.54) is 70.6 Å². The molecule has 1 unspecified atom stereocenters. The maximum atomic E-state index is 11.4. The smallest absolute Gasteiger partial charge is 0.306 e. The predicted octanol–water partition coefficient (Wildman–Crippen LogP) is 8.47. The van der Waals surface area contributed by atoms with Crippen molar-refractivity contribution in [2.75, 3.05) is 0 Å². The molecule has 1 atom stereocenters. The predicted molar refractivity (Wildman–Crippen MR) is 119 cm³/mol. The molecule has 158 valence electrons. The van der Waals surface area contributed by atoms with Crippen LogP contribution in [0.3, 0.4) is 0 Å². The number of rotatable bonds is 20. The Kier molecular flexibility index (Phi) is 20.4. The zero-order valence-corrected chi connectivity index (χ0v) is 18.3. The molecule has 0 saturated carbocycles. The van der Waals surface area contributed by atoms with Gasteiger partial charge in [0.1, 0.15) is 0 Å². The van der Waals surface area contributed by atoms with Crippen molar-refractivity contribution in [3.8, 4) is 0 Å². The molecule has 1 N–H and O–H groups in total. The number of hydrogen-bond donors (Lipinski definition) is 1. The summed E-state index contributed by atoms with van der Waals surface area (Å²) in [6.07, 6.45) is 29.2. The van der Waals surface area contributed by atoms with Gasteiger partial charge in [0.25, 0.3) is 0 Å². The molecule has 0 fully saturated rings. The Bertz CT molecular complexity index is 371. The van der Waals surface area contributed by atoms with E-state index in [9.17, 15) is 9.90 Å². The number of carbonyl (C=O) groups is 1. The van der Waals surface area contributed by atoms with Crippen molar-refractivity contribution in [3.05, 3.63) is 24.3 Å². The lowest BCUT2D eigenvalue weighted by molar-refractivity contribution is -0.141. The van der Waals surface area contributed by atoms with Crippen LogP contribution in [0.25, 0.3) is 0 Å². The molecule has 0 aliphatic rings. The normalized spacial score (nSPS) is 13.0. The summed E-state index contributed by atoms with van der Waals surface area (Å²) in [5, 5.41) is 9.38. The van der Waals surface area contributed by atoms with Crippen molar-refractivity contribution < 1.29 is 9.90 Å². The summed E-state index contributed by atoms with van der Waals surface area (Å²) in [7, 11) is 0. The van der Waals surface area contributed by atoms with Gasteiger partial charge in [-0.2, -0.15) is 0 Å². The maximum absolute atomic E-state index is 11.4. The first-order chi connectivity index (χ1) is 13.2. The quantitative estimate of drug-likeness (QED) is 0.170. The average molecular weight is 379 g/mol. The standard InChI is InChI=1S/C25H46O2/c1-3-5-7-9-11-12-13-14-15-17-19-21-23-24(25(26)27)22-20-18-16-10-8-6-4-2/h6,8,18,20,24H,3-5,7,9-17,19,21-23H2,1-2H3,(H,26,27). The SMILES string of the molecule is CCC=CCCC=CCC(CCCCCCCCCCCCCC)C(=O)O. The molecule has 2 heteroatoms. The Morgan fingerprint density at radius 3 is 1.67 bits per heavy atom. The lowest BCUT2D eigenvalue weighted by Crippen LogP contribution is -2.12. The summed E-state index contributed by atoms with van der Waals surface area (Å²) < 4.78 is 0.